The number of H-pyrrole nitrogens is 1. The lowest BCUT2D eigenvalue weighted by atomic mass is 10.0. The van der Waals surface area contributed by atoms with Gasteiger partial charge in [-0.15, -0.1) is 0 Å². The van der Waals surface area contributed by atoms with Crippen LogP contribution in [0.5, 0.6) is 0 Å². The third kappa shape index (κ3) is 8.75. The number of rotatable bonds is 15. The molecule has 9 N–H and O–H groups in total. The van der Waals surface area contributed by atoms with Gasteiger partial charge in [0, 0.05) is 23.5 Å². The highest BCUT2D eigenvalue weighted by Crippen LogP contribution is 2.19. The first-order valence-electron chi connectivity index (χ1n) is 11.8. The summed E-state index contributed by atoms with van der Waals surface area (Å²) in [4.78, 5) is 64.3. The van der Waals surface area contributed by atoms with Gasteiger partial charge in [0.2, 0.25) is 17.7 Å². The van der Waals surface area contributed by atoms with E-state index in [9.17, 15) is 34.2 Å². The van der Waals surface area contributed by atoms with Crippen molar-refractivity contribution in [1.29, 1.82) is 0 Å². The Morgan fingerprint density at radius 2 is 1.66 bits per heavy atom. The average Bonchev–Trinajstić information content (AvgIpc) is 3.26. The molecule has 1 heterocycles. The van der Waals surface area contributed by atoms with E-state index < -0.39 is 66.4 Å². The smallest absolute Gasteiger partial charge is 0.326 e. The number of carbonyl (C=O) groups excluding carboxylic acids is 3. The van der Waals surface area contributed by atoms with Gasteiger partial charge in [0.15, 0.2) is 0 Å². The van der Waals surface area contributed by atoms with Gasteiger partial charge in [-0.05, 0) is 37.0 Å². The average molecular weight is 552 g/mol. The zero-order valence-corrected chi connectivity index (χ0v) is 21.8. The van der Waals surface area contributed by atoms with Crippen LogP contribution >= 0.6 is 11.8 Å². The molecular weight excluding hydrogens is 518 g/mol. The number of aliphatic carboxylic acids is 2. The second-order valence-corrected chi connectivity index (χ2v) is 9.72. The Hall–Kier alpha value is -3.62. The summed E-state index contributed by atoms with van der Waals surface area (Å²) < 4.78 is 0. The second-order valence-electron chi connectivity index (χ2n) is 8.74. The third-order valence-corrected chi connectivity index (χ3v) is 6.40. The fourth-order valence-electron chi connectivity index (χ4n) is 3.70. The lowest BCUT2D eigenvalue weighted by Crippen LogP contribution is -2.60. The number of amides is 3. The molecule has 0 bridgehead atoms. The predicted octanol–water partition coefficient (Wildman–Crippen LogP) is -0.815. The number of nitrogens with two attached hydrogens (primary N) is 1. The van der Waals surface area contributed by atoms with Crippen LogP contribution in [0.1, 0.15) is 25.3 Å². The molecule has 0 aliphatic rings. The van der Waals surface area contributed by atoms with E-state index in [0.29, 0.717) is 11.3 Å². The van der Waals surface area contributed by atoms with Crippen molar-refractivity contribution in [3.63, 3.8) is 0 Å². The highest BCUT2D eigenvalue weighted by Gasteiger charge is 2.33. The number of para-hydroxylation sites is 1. The minimum atomic E-state index is -1.53. The molecule has 2 rings (SSSR count). The second kappa shape index (κ2) is 14.4. The Labute approximate surface area is 222 Å². The lowest BCUT2D eigenvalue weighted by molar-refractivity contribution is -0.143. The Morgan fingerprint density at radius 1 is 1.00 bits per heavy atom. The number of carboxylic acid groups (broad SMARTS) is 2. The standard InChI is InChI=1S/C24H33N5O8S/c1-12(30)20(23(35)27-17(24(36)37)7-8-38-2)29-22(34)18(28-21(33)15(25)10-19(31)32)9-13-11-26-16-6-4-3-5-14(13)16/h3-6,11-12,15,17-18,20,26,30H,7-10,25H2,1-2H3,(H,27,35)(H,28,33)(H,29,34)(H,31,32)(H,36,37). The maximum Gasteiger partial charge on any atom is 0.326 e. The van der Waals surface area contributed by atoms with E-state index in [1.165, 1.54) is 18.7 Å². The minimum Gasteiger partial charge on any atom is -0.481 e. The van der Waals surface area contributed by atoms with Crippen molar-refractivity contribution in [2.75, 3.05) is 12.0 Å². The van der Waals surface area contributed by atoms with E-state index in [4.69, 9.17) is 10.8 Å². The molecule has 0 saturated heterocycles. The summed E-state index contributed by atoms with van der Waals surface area (Å²) in [5.74, 6) is -4.78. The molecule has 1 aromatic heterocycles. The number of aliphatic hydroxyl groups excluding tert-OH is 1. The van der Waals surface area contributed by atoms with Gasteiger partial charge in [-0.1, -0.05) is 18.2 Å². The van der Waals surface area contributed by atoms with Gasteiger partial charge < -0.3 is 42.0 Å². The van der Waals surface area contributed by atoms with Gasteiger partial charge in [-0.2, -0.15) is 11.8 Å². The van der Waals surface area contributed by atoms with E-state index >= 15 is 0 Å². The van der Waals surface area contributed by atoms with Crippen molar-refractivity contribution in [1.82, 2.24) is 20.9 Å². The first kappa shape index (κ1) is 30.6. The number of aromatic amines is 1. The molecule has 2 aromatic rings. The molecule has 13 nitrogen and oxygen atoms in total. The summed E-state index contributed by atoms with van der Waals surface area (Å²) in [6.45, 7) is 1.25. The zero-order chi connectivity index (χ0) is 28.4. The largest absolute Gasteiger partial charge is 0.481 e. The van der Waals surface area contributed by atoms with Crippen molar-refractivity contribution in [3.05, 3.63) is 36.0 Å². The van der Waals surface area contributed by atoms with Crippen LogP contribution < -0.4 is 21.7 Å². The molecule has 3 amide bonds. The Balaban J connectivity index is 2.27. The van der Waals surface area contributed by atoms with E-state index in [1.54, 1.807) is 24.6 Å². The van der Waals surface area contributed by atoms with Crippen LogP contribution in [-0.4, -0.2) is 92.2 Å². The quantitative estimate of drug-likeness (QED) is 0.137. The Bertz CT molecular complexity index is 1150. The minimum absolute atomic E-state index is 0.0546. The number of benzene rings is 1. The molecule has 5 atom stereocenters. The van der Waals surface area contributed by atoms with Crippen LogP contribution in [0.2, 0.25) is 0 Å². The van der Waals surface area contributed by atoms with Crippen molar-refractivity contribution in [2.45, 2.75) is 56.5 Å². The van der Waals surface area contributed by atoms with Crippen LogP contribution in [-0.2, 0) is 30.4 Å². The van der Waals surface area contributed by atoms with Crippen molar-refractivity contribution < 1.29 is 39.3 Å². The van der Waals surface area contributed by atoms with Crippen molar-refractivity contribution >= 4 is 52.3 Å². The number of nitrogens with one attached hydrogen (secondary N) is 4. The summed E-state index contributed by atoms with van der Waals surface area (Å²) in [6.07, 6.45) is 1.43. The molecule has 1 aromatic carbocycles. The van der Waals surface area contributed by atoms with Gasteiger partial charge in [0.05, 0.1) is 18.6 Å². The number of fused-ring (bicyclic) bond motifs is 1. The van der Waals surface area contributed by atoms with Crippen LogP contribution in [0.25, 0.3) is 10.9 Å². The number of aromatic nitrogens is 1. The van der Waals surface area contributed by atoms with Crippen LogP contribution in [0.15, 0.2) is 30.5 Å². The van der Waals surface area contributed by atoms with Gasteiger partial charge in [-0.25, -0.2) is 4.79 Å². The molecule has 5 unspecified atom stereocenters. The predicted molar refractivity (Wildman–Crippen MR) is 140 cm³/mol. The monoisotopic (exact) mass is 551 g/mol. The number of hydrogen-bond donors (Lipinski definition) is 8. The molecule has 0 spiro atoms. The number of hydrogen-bond acceptors (Lipinski definition) is 8. The highest BCUT2D eigenvalue weighted by atomic mass is 32.2. The summed E-state index contributed by atoms with van der Waals surface area (Å²) >= 11 is 1.39. The Kier molecular flexibility index (Phi) is 11.6. The van der Waals surface area contributed by atoms with Crippen LogP contribution in [0, 0.1) is 0 Å². The molecule has 14 heteroatoms. The van der Waals surface area contributed by atoms with Crippen LogP contribution in [0.3, 0.4) is 0 Å². The molecule has 0 aliphatic carbocycles. The number of carbonyl (C=O) groups is 5. The third-order valence-electron chi connectivity index (χ3n) is 5.75. The SMILES string of the molecule is CSCCC(NC(=O)C(NC(=O)C(Cc1c[nH]c2ccccc12)NC(=O)C(N)CC(=O)O)C(C)O)C(=O)O. The molecule has 0 fully saturated rings. The van der Waals surface area contributed by atoms with Gasteiger partial charge in [0.25, 0.3) is 0 Å². The van der Waals surface area contributed by atoms with E-state index in [-0.39, 0.29) is 12.8 Å². The fourth-order valence-corrected chi connectivity index (χ4v) is 4.17. The maximum absolute atomic E-state index is 13.3. The topological polar surface area (TPSA) is 224 Å². The summed E-state index contributed by atoms with van der Waals surface area (Å²) in [5, 5.41) is 36.5. The van der Waals surface area contributed by atoms with Gasteiger partial charge in [-0.3, -0.25) is 19.2 Å². The Morgan fingerprint density at radius 3 is 2.26 bits per heavy atom. The van der Waals surface area contributed by atoms with Crippen LogP contribution in [0.4, 0.5) is 0 Å². The highest BCUT2D eigenvalue weighted by molar-refractivity contribution is 7.98. The van der Waals surface area contributed by atoms with Crippen molar-refractivity contribution in [3.8, 4) is 0 Å². The van der Waals surface area contributed by atoms with Crippen molar-refractivity contribution in [2.24, 2.45) is 5.73 Å². The normalized spacial score (nSPS) is 15.1. The lowest BCUT2D eigenvalue weighted by Gasteiger charge is -2.26. The van der Waals surface area contributed by atoms with E-state index in [0.717, 1.165) is 10.9 Å². The molecule has 0 aliphatic heterocycles. The number of carboxylic acids is 2. The summed E-state index contributed by atoms with van der Waals surface area (Å²) in [5.41, 5.74) is 7.09. The summed E-state index contributed by atoms with van der Waals surface area (Å²) in [6, 6.07) is 1.73. The van der Waals surface area contributed by atoms with Gasteiger partial charge >= 0.3 is 11.9 Å². The maximum atomic E-state index is 13.3. The molecule has 38 heavy (non-hydrogen) atoms. The van der Waals surface area contributed by atoms with E-state index in [2.05, 4.69) is 20.9 Å². The van der Waals surface area contributed by atoms with Gasteiger partial charge in [0.1, 0.15) is 18.1 Å². The molecule has 0 saturated carbocycles. The molecule has 208 valence electrons. The number of aliphatic hydroxyl groups is 1. The zero-order valence-electron chi connectivity index (χ0n) is 21.0. The fraction of sp³-hybridized carbons (Fsp3) is 0.458. The number of thioether (sulfide) groups is 1. The first-order chi connectivity index (χ1) is 17.9. The van der Waals surface area contributed by atoms with E-state index in [1.807, 2.05) is 12.1 Å². The molecule has 0 radical (unpaired) electrons. The molecular formula is C24H33N5O8S. The summed E-state index contributed by atoms with van der Waals surface area (Å²) in [7, 11) is 0. The first-order valence-corrected chi connectivity index (χ1v) is 13.2.